The standard InChI is InChI=1S/C11H20N4O/c1-5-16-11(3,4)7-14-9-8(2)6-13-10(12)15-9/h6H,5,7H2,1-4H3,(H3,12,13,14,15). The summed E-state index contributed by atoms with van der Waals surface area (Å²) in [6.45, 7) is 9.36. The van der Waals surface area contributed by atoms with Gasteiger partial charge in [-0.25, -0.2) is 4.98 Å². The van der Waals surface area contributed by atoms with Crippen molar-refractivity contribution >= 4 is 11.8 Å². The quantitative estimate of drug-likeness (QED) is 0.794. The van der Waals surface area contributed by atoms with Crippen LogP contribution in [0.25, 0.3) is 0 Å². The van der Waals surface area contributed by atoms with Gasteiger partial charge in [-0.15, -0.1) is 0 Å². The number of rotatable bonds is 5. The predicted molar refractivity (Wildman–Crippen MR) is 65.4 cm³/mol. The normalized spacial score (nSPS) is 11.5. The number of nitrogens with one attached hydrogen (secondary N) is 1. The van der Waals surface area contributed by atoms with Gasteiger partial charge in [0.2, 0.25) is 5.95 Å². The first kappa shape index (κ1) is 12.7. The van der Waals surface area contributed by atoms with E-state index in [0.29, 0.717) is 13.2 Å². The highest BCUT2D eigenvalue weighted by Gasteiger charge is 2.17. The molecule has 1 aromatic heterocycles. The lowest BCUT2D eigenvalue weighted by Crippen LogP contribution is -2.33. The molecule has 0 aliphatic carbocycles. The van der Waals surface area contributed by atoms with Gasteiger partial charge in [-0.2, -0.15) is 4.98 Å². The number of hydrogen-bond donors (Lipinski definition) is 2. The second kappa shape index (κ2) is 5.12. The molecule has 0 bridgehead atoms. The van der Waals surface area contributed by atoms with Crippen molar-refractivity contribution < 1.29 is 4.74 Å². The van der Waals surface area contributed by atoms with Crippen LogP contribution in [0.4, 0.5) is 11.8 Å². The number of nitrogen functional groups attached to an aromatic ring is 1. The first-order valence-electron chi connectivity index (χ1n) is 5.41. The summed E-state index contributed by atoms with van der Waals surface area (Å²) in [5.74, 6) is 1.04. The monoisotopic (exact) mass is 224 g/mol. The van der Waals surface area contributed by atoms with Crippen LogP contribution in [0.5, 0.6) is 0 Å². The van der Waals surface area contributed by atoms with Crippen LogP contribution in [-0.4, -0.2) is 28.7 Å². The second-order valence-electron chi connectivity index (χ2n) is 4.31. The Morgan fingerprint density at radius 3 is 2.81 bits per heavy atom. The zero-order valence-electron chi connectivity index (χ0n) is 10.4. The molecule has 1 heterocycles. The van der Waals surface area contributed by atoms with Crippen LogP contribution in [0, 0.1) is 6.92 Å². The molecule has 5 heteroatoms. The molecular formula is C11H20N4O. The fourth-order valence-corrected chi connectivity index (χ4v) is 1.37. The van der Waals surface area contributed by atoms with Gasteiger partial charge in [0.05, 0.1) is 5.60 Å². The molecular weight excluding hydrogens is 204 g/mol. The molecule has 0 radical (unpaired) electrons. The zero-order chi connectivity index (χ0) is 12.2. The first-order chi connectivity index (χ1) is 7.44. The minimum Gasteiger partial charge on any atom is -0.374 e. The number of nitrogens with zero attached hydrogens (tertiary/aromatic N) is 2. The molecule has 0 amide bonds. The molecule has 0 saturated carbocycles. The largest absolute Gasteiger partial charge is 0.374 e. The van der Waals surface area contributed by atoms with E-state index in [1.807, 2.05) is 27.7 Å². The third kappa shape index (κ3) is 3.66. The fourth-order valence-electron chi connectivity index (χ4n) is 1.37. The van der Waals surface area contributed by atoms with Crippen molar-refractivity contribution in [1.82, 2.24) is 9.97 Å². The van der Waals surface area contributed by atoms with Gasteiger partial charge in [-0.05, 0) is 27.7 Å². The van der Waals surface area contributed by atoms with Crippen LogP contribution in [0.3, 0.4) is 0 Å². The molecule has 90 valence electrons. The Bertz CT molecular complexity index is 352. The molecule has 0 saturated heterocycles. The lowest BCUT2D eigenvalue weighted by molar-refractivity contribution is 0.000636. The van der Waals surface area contributed by atoms with E-state index in [-0.39, 0.29) is 11.5 Å². The Morgan fingerprint density at radius 1 is 1.50 bits per heavy atom. The topological polar surface area (TPSA) is 73.1 Å². The molecule has 0 unspecified atom stereocenters. The molecule has 0 aromatic carbocycles. The Balaban J connectivity index is 2.63. The van der Waals surface area contributed by atoms with Gasteiger partial charge in [0.1, 0.15) is 5.82 Å². The SMILES string of the molecule is CCOC(C)(C)CNc1nc(N)ncc1C. The summed E-state index contributed by atoms with van der Waals surface area (Å²) >= 11 is 0. The summed E-state index contributed by atoms with van der Waals surface area (Å²) in [7, 11) is 0. The summed E-state index contributed by atoms with van der Waals surface area (Å²) in [6.07, 6.45) is 1.71. The maximum atomic E-state index is 5.58. The average Bonchev–Trinajstić information content (AvgIpc) is 2.19. The molecule has 5 nitrogen and oxygen atoms in total. The maximum absolute atomic E-state index is 5.58. The van der Waals surface area contributed by atoms with E-state index >= 15 is 0 Å². The number of hydrogen-bond acceptors (Lipinski definition) is 5. The van der Waals surface area contributed by atoms with E-state index in [1.54, 1.807) is 6.20 Å². The van der Waals surface area contributed by atoms with E-state index in [0.717, 1.165) is 11.4 Å². The molecule has 0 spiro atoms. The highest BCUT2D eigenvalue weighted by Crippen LogP contribution is 2.14. The molecule has 16 heavy (non-hydrogen) atoms. The Morgan fingerprint density at radius 2 is 2.19 bits per heavy atom. The van der Waals surface area contributed by atoms with Crippen molar-refractivity contribution in [3.05, 3.63) is 11.8 Å². The molecule has 0 aliphatic rings. The molecule has 1 aromatic rings. The van der Waals surface area contributed by atoms with Gasteiger partial charge in [0, 0.05) is 24.9 Å². The first-order valence-corrected chi connectivity index (χ1v) is 5.41. The smallest absolute Gasteiger partial charge is 0.221 e. The van der Waals surface area contributed by atoms with Gasteiger partial charge in [0.15, 0.2) is 0 Å². The number of aromatic nitrogens is 2. The molecule has 1 rings (SSSR count). The van der Waals surface area contributed by atoms with E-state index in [2.05, 4.69) is 15.3 Å². The number of aryl methyl sites for hydroxylation is 1. The highest BCUT2D eigenvalue weighted by atomic mass is 16.5. The van der Waals surface area contributed by atoms with Crippen molar-refractivity contribution in [2.24, 2.45) is 0 Å². The van der Waals surface area contributed by atoms with Crippen molar-refractivity contribution in [2.75, 3.05) is 24.2 Å². The van der Waals surface area contributed by atoms with E-state index in [1.165, 1.54) is 0 Å². The number of anilines is 2. The van der Waals surface area contributed by atoms with Crippen molar-refractivity contribution in [3.8, 4) is 0 Å². The second-order valence-corrected chi connectivity index (χ2v) is 4.31. The van der Waals surface area contributed by atoms with Crippen molar-refractivity contribution in [1.29, 1.82) is 0 Å². The zero-order valence-corrected chi connectivity index (χ0v) is 10.4. The van der Waals surface area contributed by atoms with Gasteiger partial charge >= 0.3 is 0 Å². The Hall–Kier alpha value is -1.36. The summed E-state index contributed by atoms with van der Waals surface area (Å²) in [5.41, 5.74) is 6.28. The predicted octanol–water partition coefficient (Wildman–Crippen LogP) is 1.59. The van der Waals surface area contributed by atoms with Crippen LogP contribution < -0.4 is 11.1 Å². The van der Waals surface area contributed by atoms with E-state index < -0.39 is 0 Å². The third-order valence-corrected chi connectivity index (χ3v) is 2.21. The van der Waals surface area contributed by atoms with E-state index in [9.17, 15) is 0 Å². The minimum atomic E-state index is -0.221. The van der Waals surface area contributed by atoms with Crippen LogP contribution in [0.2, 0.25) is 0 Å². The molecule has 0 atom stereocenters. The highest BCUT2D eigenvalue weighted by molar-refractivity contribution is 5.45. The lowest BCUT2D eigenvalue weighted by atomic mass is 10.1. The van der Waals surface area contributed by atoms with Crippen LogP contribution in [-0.2, 0) is 4.74 Å². The molecule has 0 aliphatic heterocycles. The molecule has 3 N–H and O–H groups in total. The minimum absolute atomic E-state index is 0.221. The van der Waals surface area contributed by atoms with Gasteiger partial charge in [0.25, 0.3) is 0 Å². The summed E-state index contributed by atoms with van der Waals surface area (Å²) < 4.78 is 5.58. The van der Waals surface area contributed by atoms with E-state index in [4.69, 9.17) is 10.5 Å². The third-order valence-electron chi connectivity index (χ3n) is 2.21. The Kier molecular flexibility index (Phi) is 4.06. The average molecular weight is 224 g/mol. The number of nitrogens with two attached hydrogens (primary N) is 1. The van der Waals surface area contributed by atoms with Gasteiger partial charge in [-0.3, -0.25) is 0 Å². The maximum Gasteiger partial charge on any atom is 0.221 e. The van der Waals surface area contributed by atoms with Crippen LogP contribution >= 0.6 is 0 Å². The summed E-state index contributed by atoms with van der Waals surface area (Å²) in [6, 6.07) is 0. The van der Waals surface area contributed by atoms with Gasteiger partial charge < -0.3 is 15.8 Å². The van der Waals surface area contributed by atoms with Crippen molar-refractivity contribution in [3.63, 3.8) is 0 Å². The van der Waals surface area contributed by atoms with Crippen molar-refractivity contribution in [2.45, 2.75) is 33.3 Å². The fraction of sp³-hybridized carbons (Fsp3) is 0.636. The van der Waals surface area contributed by atoms with Gasteiger partial charge in [-0.1, -0.05) is 0 Å². The summed E-state index contributed by atoms with van der Waals surface area (Å²) in [4.78, 5) is 8.05. The lowest BCUT2D eigenvalue weighted by Gasteiger charge is -2.25. The Labute approximate surface area is 96.4 Å². The number of ether oxygens (including phenoxy) is 1. The van der Waals surface area contributed by atoms with Crippen LogP contribution in [0.15, 0.2) is 6.20 Å². The summed E-state index contributed by atoms with van der Waals surface area (Å²) in [5, 5.41) is 3.22. The van der Waals surface area contributed by atoms with Crippen LogP contribution in [0.1, 0.15) is 26.3 Å². The molecule has 0 fully saturated rings.